The Morgan fingerprint density at radius 2 is 1.84 bits per heavy atom. The lowest BCUT2D eigenvalue weighted by Gasteiger charge is -2.01. The molecule has 0 fully saturated rings. The maximum absolute atomic E-state index is 5.81. The van der Waals surface area contributed by atoms with Gasteiger partial charge in [0.25, 0.3) is 0 Å². The summed E-state index contributed by atoms with van der Waals surface area (Å²) in [5.41, 5.74) is 3.21. The van der Waals surface area contributed by atoms with Crippen LogP contribution in [0.3, 0.4) is 0 Å². The average molecular weight is 273 g/mol. The zero-order valence-electron chi connectivity index (χ0n) is 10.8. The molecule has 3 heteroatoms. The molecule has 0 aliphatic rings. The molecule has 2 rings (SSSR count). The third-order valence-electron chi connectivity index (χ3n) is 2.77. The lowest BCUT2D eigenvalue weighted by atomic mass is 10.1. The molecule has 1 radical (unpaired) electrons. The van der Waals surface area contributed by atoms with E-state index in [1.165, 1.54) is 5.56 Å². The van der Waals surface area contributed by atoms with E-state index in [9.17, 15) is 0 Å². The smallest absolute Gasteiger partial charge is 0.142 e. The van der Waals surface area contributed by atoms with Crippen LogP contribution >= 0.6 is 11.6 Å². The highest BCUT2D eigenvalue weighted by Gasteiger charge is 1.97. The fourth-order valence-corrected chi connectivity index (χ4v) is 1.83. The number of aryl methyl sites for hydroxylation is 1. The van der Waals surface area contributed by atoms with E-state index in [4.69, 9.17) is 16.4 Å². The zero-order chi connectivity index (χ0) is 13.5. The second kappa shape index (κ2) is 6.95. The third-order valence-corrected chi connectivity index (χ3v) is 3.03. The maximum Gasteiger partial charge on any atom is 0.142 e. The number of rotatable bonds is 5. The summed E-state index contributed by atoms with van der Waals surface area (Å²) in [7, 11) is 0. The minimum atomic E-state index is 0.415. The number of hydrogen-bond acceptors (Lipinski definition) is 2. The predicted molar refractivity (Wildman–Crippen MR) is 78.6 cm³/mol. The van der Waals surface area contributed by atoms with Crippen LogP contribution in [0.1, 0.15) is 23.6 Å². The molecule has 2 nitrogen and oxygen atoms in total. The van der Waals surface area contributed by atoms with Crippen LogP contribution in [0.4, 0.5) is 0 Å². The van der Waals surface area contributed by atoms with E-state index >= 15 is 0 Å². The van der Waals surface area contributed by atoms with Crippen LogP contribution < -0.4 is 0 Å². The Morgan fingerprint density at radius 1 is 1.11 bits per heavy atom. The van der Waals surface area contributed by atoms with Crippen LogP contribution in [0.2, 0.25) is 5.02 Å². The van der Waals surface area contributed by atoms with Gasteiger partial charge >= 0.3 is 0 Å². The van der Waals surface area contributed by atoms with E-state index in [-0.39, 0.29) is 0 Å². The summed E-state index contributed by atoms with van der Waals surface area (Å²) < 4.78 is 0. The van der Waals surface area contributed by atoms with Crippen molar-refractivity contribution in [2.45, 2.75) is 20.0 Å². The van der Waals surface area contributed by atoms with Crippen molar-refractivity contribution in [3.63, 3.8) is 0 Å². The van der Waals surface area contributed by atoms with Crippen molar-refractivity contribution in [1.82, 2.24) is 0 Å². The van der Waals surface area contributed by atoms with Crippen molar-refractivity contribution < 1.29 is 4.84 Å². The van der Waals surface area contributed by atoms with E-state index in [0.717, 1.165) is 22.6 Å². The van der Waals surface area contributed by atoms with Crippen LogP contribution in [0.15, 0.2) is 53.7 Å². The van der Waals surface area contributed by atoms with Gasteiger partial charge in [-0.05, 0) is 29.7 Å². The van der Waals surface area contributed by atoms with E-state index in [0.29, 0.717) is 6.61 Å². The molecule has 0 N–H and O–H groups in total. The van der Waals surface area contributed by atoms with Crippen LogP contribution in [0.25, 0.3) is 0 Å². The van der Waals surface area contributed by atoms with Gasteiger partial charge in [-0.2, -0.15) is 0 Å². The molecule has 2 aromatic carbocycles. The van der Waals surface area contributed by atoms with Crippen molar-refractivity contribution in [2.24, 2.45) is 5.16 Å². The fraction of sp³-hybridized carbons (Fsp3) is 0.188. The monoisotopic (exact) mass is 272 g/mol. The molecule has 0 aliphatic carbocycles. The Hall–Kier alpha value is -1.80. The van der Waals surface area contributed by atoms with Crippen LogP contribution in [-0.2, 0) is 17.9 Å². The highest BCUT2D eigenvalue weighted by molar-refractivity contribution is 6.30. The summed E-state index contributed by atoms with van der Waals surface area (Å²) in [5, 5.41) is 4.60. The van der Waals surface area contributed by atoms with Crippen LogP contribution in [-0.4, -0.2) is 6.21 Å². The molecule has 0 atom stereocenters. The summed E-state index contributed by atoms with van der Waals surface area (Å²) in [6.45, 7) is 2.52. The van der Waals surface area contributed by atoms with Gasteiger partial charge in [0.1, 0.15) is 12.8 Å². The molecule has 0 bridgehead atoms. The Kier molecular flexibility index (Phi) is 4.99. The van der Waals surface area contributed by atoms with E-state index in [1.54, 1.807) is 0 Å². The predicted octanol–water partition coefficient (Wildman–Crippen LogP) is 4.33. The molecule has 0 saturated carbocycles. The molecule has 0 heterocycles. The van der Waals surface area contributed by atoms with E-state index < -0.39 is 0 Å². The topological polar surface area (TPSA) is 21.6 Å². The molecule has 0 spiro atoms. The first-order valence-corrected chi connectivity index (χ1v) is 6.57. The molecule has 0 aromatic heterocycles. The summed E-state index contributed by atoms with van der Waals surface area (Å²) in [5.74, 6) is 0. The summed E-state index contributed by atoms with van der Waals surface area (Å²) in [6, 6.07) is 15.5. The normalized spacial score (nSPS) is 10.8. The second-order valence-electron chi connectivity index (χ2n) is 4.11. The highest BCUT2D eigenvalue weighted by atomic mass is 35.5. The first-order chi connectivity index (χ1) is 9.29. The van der Waals surface area contributed by atoms with Gasteiger partial charge in [-0.15, -0.1) is 0 Å². The number of nitrogens with zero attached hydrogens (tertiary/aromatic N) is 1. The molecular formula is C16H15ClNO. The number of hydrogen-bond donors (Lipinski definition) is 0. The Labute approximate surface area is 118 Å². The minimum absolute atomic E-state index is 0.415. The Balaban J connectivity index is 1.91. The number of benzene rings is 2. The molecule has 0 unspecified atom stereocenters. The van der Waals surface area contributed by atoms with Crippen molar-refractivity contribution in [3.05, 3.63) is 70.2 Å². The average Bonchev–Trinajstić information content (AvgIpc) is 2.46. The quantitative estimate of drug-likeness (QED) is 0.586. The lowest BCUT2D eigenvalue weighted by molar-refractivity contribution is 0.132. The lowest BCUT2D eigenvalue weighted by Crippen LogP contribution is -1.92. The summed E-state index contributed by atoms with van der Waals surface area (Å²) in [6.07, 6.45) is 3.88. The molecule has 97 valence electrons. The molecule has 19 heavy (non-hydrogen) atoms. The maximum atomic E-state index is 5.81. The van der Waals surface area contributed by atoms with Crippen molar-refractivity contribution in [2.75, 3.05) is 0 Å². The highest BCUT2D eigenvalue weighted by Crippen LogP contribution is 2.10. The van der Waals surface area contributed by atoms with Gasteiger partial charge in [0, 0.05) is 10.6 Å². The SMILES string of the molecule is CCc1ccccc1/[C]=N\OCc1ccc(Cl)cc1. The minimum Gasteiger partial charge on any atom is -0.390 e. The van der Waals surface area contributed by atoms with Gasteiger partial charge in [-0.25, -0.2) is 0 Å². The first kappa shape index (κ1) is 13.6. The summed E-state index contributed by atoms with van der Waals surface area (Å²) in [4.78, 5) is 5.23. The van der Waals surface area contributed by atoms with E-state index in [1.807, 2.05) is 42.5 Å². The van der Waals surface area contributed by atoms with E-state index in [2.05, 4.69) is 24.4 Å². The fourth-order valence-electron chi connectivity index (χ4n) is 1.71. The molecular weight excluding hydrogens is 258 g/mol. The standard InChI is InChI=1S/C16H15ClNO/c1-2-14-5-3-4-6-15(14)11-18-19-12-13-7-9-16(17)10-8-13/h3-10H,2,12H2,1H3. The second-order valence-corrected chi connectivity index (χ2v) is 4.55. The van der Waals surface area contributed by atoms with Gasteiger partial charge in [0.15, 0.2) is 0 Å². The van der Waals surface area contributed by atoms with Gasteiger partial charge < -0.3 is 4.84 Å². The van der Waals surface area contributed by atoms with Gasteiger partial charge in [-0.1, -0.05) is 60.1 Å². The van der Waals surface area contributed by atoms with Crippen molar-refractivity contribution in [1.29, 1.82) is 0 Å². The zero-order valence-corrected chi connectivity index (χ0v) is 11.5. The van der Waals surface area contributed by atoms with Gasteiger partial charge in [0.05, 0.1) is 0 Å². The van der Waals surface area contributed by atoms with Crippen molar-refractivity contribution >= 4 is 17.8 Å². The van der Waals surface area contributed by atoms with Crippen LogP contribution in [0, 0.1) is 0 Å². The molecule has 0 aliphatic heterocycles. The van der Waals surface area contributed by atoms with Crippen molar-refractivity contribution in [3.8, 4) is 0 Å². The summed E-state index contributed by atoms with van der Waals surface area (Å²) >= 11 is 5.81. The van der Waals surface area contributed by atoms with Crippen LogP contribution in [0.5, 0.6) is 0 Å². The first-order valence-electron chi connectivity index (χ1n) is 6.20. The Bertz CT molecular complexity index is 549. The van der Waals surface area contributed by atoms with Gasteiger partial charge in [0.2, 0.25) is 0 Å². The molecule has 0 saturated heterocycles. The van der Waals surface area contributed by atoms with Gasteiger partial charge in [-0.3, -0.25) is 0 Å². The number of halogens is 1. The Morgan fingerprint density at radius 3 is 2.58 bits per heavy atom. The molecule has 0 amide bonds. The largest absolute Gasteiger partial charge is 0.390 e. The molecule has 2 aromatic rings. The third kappa shape index (κ3) is 4.11.